The van der Waals surface area contributed by atoms with Gasteiger partial charge in [-0.25, -0.2) is 19.7 Å². The second-order valence-corrected chi connectivity index (χ2v) is 11.7. The lowest BCUT2D eigenvalue weighted by molar-refractivity contribution is -0.137. The summed E-state index contributed by atoms with van der Waals surface area (Å²) in [5.74, 6) is 0.862. The van der Waals surface area contributed by atoms with Gasteiger partial charge in [0.05, 0.1) is 6.33 Å². The summed E-state index contributed by atoms with van der Waals surface area (Å²) >= 11 is 0. The maximum Gasteiger partial charge on any atom is 0.410 e. The van der Waals surface area contributed by atoms with Gasteiger partial charge in [-0.1, -0.05) is 0 Å². The Labute approximate surface area is 232 Å². The molecule has 2 saturated carbocycles. The molecule has 0 spiro atoms. The Kier molecular flexibility index (Phi) is 7.78. The number of nitrogens with zero attached hydrogens (tertiary/aromatic N) is 5. The third kappa shape index (κ3) is 5.72. The average molecular weight is 558 g/mol. The van der Waals surface area contributed by atoms with Crippen LogP contribution >= 0.6 is 0 Å². The van der Waals surface area contributed by atoms with Gasteiger partial charge in [-0.05, 0) is 70.1 Å². The van der Waals surface area contributed by atoms with E-state index in [9.17, 15) is 19.8 Å². The summed E-state index contributed by atoms with van der Waals surface area (Å²) in [7, 11) is 0. The third-order valence-electron chi connectivity index (χ3n) is 8.64. The van der Waals surface area contributed by atoms with Crippen molar-refractivity contribution in [1.82, 2.24) is 29.7 Å². The van der Waals surface area contributed by atoms with Gasteiger partial charge in [-0.3, -0.25) is 9.36 Å². The number of anilines is 1. The van der Waals surface area contributed by atoms with Crippen LogP contribution in [0.25, 0.3) is 11.2 Å². The van der Waals surface area contributed by atoms with Crippen LogP contribution in [0.15, 0.2) is 6.33 Å². The maximum absolute atomic E-state index is 12.5. The van der Waals surface area contributed by atoms with Crippen LogP contribution in [0, 0.1) is 5.92 Å². The zero-order valence-corrected chi connectivity index (χ0v) is 22.7. The first-order valence-corrected chi connectivity index (χ1v) is 14.6. The molecule has 4 aliphatic rings. The standard InChI is InChI=1S/C27H39N7O6/c28-23-19-24(34(14-29-19)26-21(36)20(35)22(40-26)25(37)30-16-8-9-16)32-18(31-23)7-3-4-15-10-12-33(13-11-15)27(38)39-17-5-1-2-6-17/h14-17,20-22,26,35-36H,1-13H2,(H,30,37)(H2,28,31,32)/t20?,21-,22-,26+/m0/s1. The predicted octanol–water partition coefficient (Wildman–Crippen LogP) is 1.42. The Hall–Kier alpha value is -3.03. The van der Waals surface area contributed by atoms with Crippen molar-refractivity contribution >= 4 is 29.0 Å². The lowest BCUT2D eigenvalue weighted by Gasteiger charge is -2.32. The highest BCUT2D eigenvalue weighted by Gasteiger charge is 2.48. The fourth-order valence-corrected chi connectivity index (χ4v) is 6.08. The fourth-order valence-electron chi connectivity index (χ4n) is 6.08. The molecule has 0 radical (unpaired) electrons. The van der Waals surface area contributed by atoms with E-state index >= 15 is 0 Å². The lowest BCUT2D eigenvalue weighted by Crippen LogP contribution is -2.43. The number of hydrogen-bond acceptors (Lipinski definition) is 10. The molecule has 6 rings (SSSR count). The second kappa shape index (κ2) is 11.5. The summed E-state index contributed by atoms with van der Waals surface area (Å²) in [5, 5.41) is 24.0. The summed E-state index contributed by atoms with van der Waals surface area (Å²) in [6.07, 6.45) is 6.82. The van der Waals surface area contributed by atoms with Gasteiger partial charge in [-0.2, -0.15) is 0 Å². The molecule has 2 saturated heterocycles. The molecule has 4 heterocycles. The molecule has 2 aliphatic carbocycles. The number of likely N-dealkylation sites (tertiary alicyclic amines) is 1. The Morgan fingerprint density at radius 2 is 1.82 bits per heavy atom. The van der Waals surface area contributed by atoms with E-state index in [2.05, 4.69) is 20.3 Å². The van der Waals surface area contributed by atoms with Crippen molar-refractivity contribution in [2.24, 2.45) is 5.92 Å². The van der Waals surface area contributed by atoms with Crippen molar-refractivity contribution in [3.63, 3.8) is 0 Å². The Morgan fingerprint density at radius 1 is 1.07 bits per heavy atom. The first-order chi connectivity index (χ1) is 19.4. The van der Waals surface area contributed by atoms with Crippen LogP contribution in [-0.2, 0) is 20.7 Å². The largest absolute Gasteiger partial charge is 0.446 e. The highest BCUT2D eigenvalue weighted by atomic mass is 16.6. The van der Waals surface area contributed by atoms with Crippen LogP contribution in [0.4, 0.5) is 10.6 Å². The van der Waals surface area contributed by atoms with Gasteiger partial charge in [0.15, 0.2) is 23.8 Å². The van der Waals surface area contributed by atoms with Gasteiger partial charge in [0.1, 0.15) is 29.7 Å². The number of ether oxygens (including phenoxy) is 2. The number of nitrogen functional groups attached to an aromatic ring is 1. The zero-order valence-electron chi connectivity index (χ0n) is 22.7. The first kappa shape index (κ1) is 27.2. The number of amides is 2. The number of aliphatic hydroxyl groups is 2. The predicted molar refractivity (Wildman–Crippen MR) is 143 cm³/mol. The molecular weight excluding hydrogens is 518 g/mol. The number of aliphatic hydroxyl groups excluding tert-OH is 2. The third-order valence-corrected chi connectivity index (χ3v) is 8.64. The molecule has 4 atom stereocenters. The smallest absolute Gasteiger partial charge is 0.410 e. The number of carbonyl (C=O) groups is 2. The van der Waals surface area contributed by atoms with E-state index in [1.54, 1.807) is 0 Å². The molecule has 2 aromatic rings. The van der Waals surface area contributed by atoms with E-state index in [1.807, 2.05) is 4.90 Å². The maximum atomic E-state index is 12.5. The zero-order chi connectivity index (χ0) is 27.8. The van der Waals surface area contributed by atoms with Crippen LogP contribution in [0.1, 0.15) is 76.3 Å². The average Bonchev–Trinajstić information content (AvgIpc) is 3.29. The summed E-state index contributed by atoms with van der Waals surface area (Å²) in [6.45, 7) is 1.44. The highest BCUT2D eigenvalue weighted by molar-refractivity contribution is 5.83. The molecule has 218 valence electrons. The van der Waals surface area contributed by atoms with Crippen LogP contribution < -0.4 is 11.1 Å². The topological polar surface area (TPSA) is 178 Å². The lowest BCUT2D eigenvalue weighted by atomic mass is 9.91. The molecule has 5 N–H and O–H groups in total. The molecule has 1 unspecified atom stereocenters. The minimum absolute atomic E-state index is 0.0909. The van der Waals surface area contributed by atoms with Crippen LogP contribution in [0.2, 0.25) is 0 Å². The van der Waals surface area contributed by atoms with Crippen LogP contribution in [-0.4, -0.2) is 90.2 Å². The molecule has 0 aromatic carbocycles. The number of aryl methyl sites for hydroxylation is 1. The van der Waals surface area contributed by atoms with Crippen molar-refractivity contribution in [2.75, 3.05) is 18.8 Å². The summed E-state index contributed by atoms with van der Waals surface area (Å²) in [4.78, 5) is 40.2. The second-order valence-electron chi connectivity index (χ2n) is 11.7. The number of fused-ring (bicyclic) bond motifs is 1. The van der Waals surface area contributed by atoms with Gasteiger partial charge in [0.2, 0.25) is 0 Å². The van der Waals surface area contributed by atoms with Crippen LogP contribution in [0.5, 0.6) is 0 Å². The molecule has 13 heteroatoms. The number of hydrogen-bond donors (Lipinski definition) is 4. The minimum Gasteiger partial charge on any atom is -0.446 e. The van der Waals surface area contributed by atoms with Crippen molar-refractivity contribution in [1.29, 1.82) is 0 Å². The van der Waals surface area contributed by atoms with E-state index in [0.717, 1.165) is 77.3 Å². The minimum atomic E-state index is -1.38. The molecule has 0 bridgehead atoms. The number of nitrogens with two attached hydrogens (primary N) is 1. The quantitative estimate of drug-likeness (QED) is 0.371. The van der Waals surface area contributed by atoms with Gasteiger partial charge in [0.25, 0.3) is 5.91 Å². The van der Waals surface area contributed by atoms with Gasteiger partial charge in [0, 0.05) is 25.6 Å². The van der Waals surface area contributed by atoms with E-state index < -0.39 is 30.4 Å². The summed E-state index contributed by atoms with van der Waals surface area (Å²) < 4.78 is 13.0. The molecule has 2 aromatic heterocycles. The molecular formula is C27H39N7O6. The number of imidazole rings is 1. The summed E-state index contributed by atoms with van der Waals surface area (Å²) in [6, 6.07) is 0.106. The number of piperidine rings is 1. The van der Waals surface area contributed by atoms with Crippen molar-refractivity contribution < 1.29 is 29.3 Å². The Morgan fingerprint density at radius 3 is 2.55 bits per heavy atom. The highest BCUT2D eigenvalue weighted by Crippen LogP contribution is 2.33. The molecule has 2 aliphatic heterocycles. The number of aromatic nitrogens is 4. The normalized spacial score (nSPS) is 27.9. The van der Waals surface area contributed by atoms with Crippen LogP contribution in [0.3, 0.4) is 0 Å². The molecule has 13 nitrogen and oxygen atoms in total. The van der Waals surface area contributed by atoms with E-state index in [4.69, 9.17) is 15.2 Å². The number of carbonyl (C=O) groups excluding carboxylic acids is 2. The molecule has 4 fully saturated rings. The van der Waals surface area contributed by atoms with E-state index in [-0.39, 0.29) is 24.1 Å². The van der Waals surface area contributed by atoms with E-state index in [0.29, 0.717) is 29.3 Å². The van der Waals surface area contributed by atoms with Gasteiger partial charge < -0.3 is 35.6 Å². The van der Waals surface area contributed by atoms with E-state index in [1.165, 1.54) is 10.9 Å². The fraction of sp³-hybridized carbons (Fsp3) is 0.741. The molecule has 2 amide bonds. The van der Waals surface area contributed by atoms with Gasteiger partial charge >= 0.3 is 6.09 Å². The van der Waals surface area contributed by atoms with Crippen molar-refractivity contribution in [2.45, 2.75) is 107 Å². The van der Waals surface area contributed by atoms with Crippen molar-refractivity contribution in [3.05, 3.63) is 12.2 Å². The van der Waals surface area contributed by atoms with Gasteiger partial charge in [-0.15, -0.1) is 0 Å². The van der Waals surface area contributed by atoms with Crippen molar-refractivity contribution in [3.8, 4) is 0 Å². The summed E-state index contributed by atoms with van der Waals surface area (Å²) in [5.41, 5.74) is 6.95. The number of nitrogens with one attached hydrogen (secondary N) is 1. The monoisotopic (exact) mass is 557 g/mol. The Bertz CT molecular complexity index is 1220. The number of rotatable bonds is 8. The molecule has 40 heavy (non-hydrogen) atoms. The first-order valence-electron chi connectivity index (χ1n) is 14.6. The SMILES string of the molecule is Nc1nc(CCCC2CCN(C(=O)OC3CCCC3)CC2)nc2c1ncn2[C@@H]1O[C@H](C(=O)NC2CC2)C(O)[C@@H]1O. The Balaban J connectivity index is 1.04.